The van der Waals surface area contributed by atoms with E-state index in [-0.39, 0.29) is 0 Å². The average Bonchev–Trinajstić information content (AvgIpc) is 2.96. The molecule has 3 aliphatic rings. The van der Waals surface area contributed by atoms with Gasteiger partial charge in [-0.25, -0.2) is 0 Å². The summed E-state index contributed by atoms with van der Waals surface area (Å²) in [5, 5.41) is 3.55. The largest absolute Gasteiger partial charge is 0.341 e. The number of carbonyl (C=O) groups is 1. The summed E-state index contributed by atoms with van der Waals surface area (Å²) in [5.41, 5.74) is 0. The number of nitrogens with one attached hydrogen (secondary N) is 1. The lowest BCUT2D eigenvalue weighted by Gasteiger charge is -2.24. The number of hydrogen-bond donors (Lipinski definition) is 1. The lowest BCUT2D eigenvalue weighted by molar-refractivity contribution is -0.131. The van der Waals surface area contributed by atoms with Crippen molar-refractivity contribution in [2.45, 2.75) is 38.1 Å². The maximum Gasteiger partial charge on any atom is 0.223 e. The molecule has 0 aromatic heterocycles. The van der Waals surface area contributed by atoms with Gasteiger partial charge in [0.2, 0.25) is 5.91 Å². The predicted molar refractivity (Wildman–Crippen MR) is 67.6 cm³/mol. The Bertz CT molecular complexity index is 312. The first-order valence-electron chi connectivity index (χ1n) is 7.01. The molecule has 17 heavy (non-hydrogen) atoms. The number of piperidine rings is 1. The van der Waals surface area contributed by atoms with Crippen LogP contribution in [0.1, 0.15) is 32.1 Å². The van der Waals surface area contributed by atoms with Crippen molar-refractivity contribution in [1.82, 2.24) is 10.2 Å². The Kier molecular flexibility index (Phi) is 3.19. The molecule has 0 bridgehead atoms. The minimum Gasteiger partial charge on any atom is -0.341 e. The molecule has 0 aromatic carbocycles. The smallest absolute Gasteiger partial charge is 0.223 e. The van der Waals surface area contributed by atoms with Gasteiger partial charge in [0.05, 0.1) is 0 Å². The Morgan fingerprint density at radius 1 is 1.35 bits per heavy atom. The highest BCUT2D eigenvalue weighted by Gasteiger charge is 2.36. The molecule has 1 unspecified atom stereocenters. The summed E-state index contributed by atoms with van der Waals surface area (Å²) in [4.78, 5) is 14.3. The quantitative estimate of drug-likeness (QED) is 0.735. The number of likely N-dealkylation sites (tertiary alicyclic amines) is 1. The second kappa shape index (κ2) is 4.81. The maximum absolute atomic E-state index is 12.2. The van der Waals surface area contributed by atoms with E-state index in [0.717, 1.165) is 32.5 Å². The topological polar surface area (TPSA) is 32.3 Å². The van der Waals surface area contributed by atoms with E-state index >= 15 is 0 Å². The van der Waals surface area contributed by atoms with E-state index in [4.69, 9.17) is 0 Å². The van der Waals surface area contributed by atoms with E-state index in [9.17, 15) is 4.79 Å². The molecule has 3 atom stereocenters. The Balaban J connectivity index is 1.54. The van der Waals surface area contributed by atoms with Crippen LogP contribution < -0.4 is 5.32 Å². The Morgan fingerprint density at radius 2 is 2.29 bits per heavy atom. The number of amides is 1. The molecule has 3 nitrogen and oxygen atoms in total. The molecule has 2 fully saturated rings. The zero-order valence-electron chi connectivity index (χ0n) is 10.4. The van der Waals surface area contributed by atoms with E-state index in [1.807, 2.05) is 0 Å². The lowest BCUT2D eigenvalue weighted by atomic mass is 9.94. The monoisotopic (exact) mass is 234 g/mol. The molecule has 0 radical (unpaired) electrons. The first-order valence-corrected chi connectivity index (χ1v) is 7.01. The van der Waals surface area contributed by atoms with Gasteiger partial charge in [-0.3, -0.25) is 4.79 Å². The van der Waals surface area contributed by atoms with Gasteiger partial charge in [-0.05, 0) is 44.1 Å². The van der Waals surface area contributed by atoms with Gasteiger partial charge in [-0.1, -0.05) is 12.2 Å². The summed E-state index contributed by atoms with van der Waals surface area (Å²) >= 11 is 0. The molecular formula is C14H22N2O. The molecule has 94 valence electrons. The minimum atomic E-state index is 0.373. The molecular weight excluding hydrogens is 212 g/mol. The predicted octanol–water partition coefficient (Wildman–Crippen LogP) is 1.55. The molecule has 1 amide bonds. The van der Waals surface area contributed by atoms with Crippen molar-refractivity contribution >= 4 is 5.91 Å². The first kappa shape index (κ1) is 11.3. The summed E-state index contributed by atoms with van der Waals surface area (Å²) in [6.45, 7) is 3.07. The van der Waals surface area contributed by atoms with Crippen molar-refractivity contribution in [2.75, 3.05) is 19.6 Å². The van der Waals surface area contributed by atoms with Crippen LogP contribution in [0.4, 0.5) is 0 Å². The Hall–Kier alpha value is -0.830. The third kappa shape index (κ3) is 2.39. The zero-order valence-corrected chi connectivity index (χ0v) is 10.4. The van der Waals surface area contributed by atoms with Crippen molar-refractivity contribution in [3.05, 3.63) is 12.2 Å². The number of nitrogens with zero attached hydrogens (tertiary/aromatic N) is 1. The first-order chi connectivity index (χ1) is 8.33. The number of hydrogen-bond acceptors (Lipinski definition) is 2. The van der Waals surface area contributed by atoms with Crippen LogP contribution in [-0.4, -0.2) is 36.5 Å². The standard InChI is InChI=1S/C14H22N2O/c17-14(8-11-4-1-2-5-11)16-9-12-6-3-7-15-13(12)10-16/h1,4,11-13,15H,2-3,5-10H2/t11?,12-,13+/m0/s1. The van der Waals surface area contributed by atoms with Crippen LogP contribution in [0.25, 0.3) is 0 Å². The van der Waals surface area contributed by atoms with E-state index in [1.165, 1.54) is 19.3 Å². The van der Waals surface area contributed by atoms with Crippen LogP contribution in [0, 0.1) is 11.8 Å². The van der Waals surface area contributed by atoms with Crippen LogP contribution in [-0.2, 0) is 4.79 Å². The molecule has 0 saturated carbocycles. The van der Waals surface area contributed by atoms with Crippen molar-refractivity contribution in [3.63, 3.8) is 0 Å². The van der Waals surface area contributed by atoms with Gasteiger partial charge >= 0.3 is 0 Å². The highest BCUT2D eigenvalue weighted by atomic mass is 16.2. The fraction of sp³-hybridized carbons (Fsp3) is 0.786. The molecule has 3 rings (SSSR count). The molecule has 0 aromatic rings. The molecule has 1 N–H and O–H groups in total. The minimum absolute atomic E-state index is 0.373. The molecule has 1 aliphatic carbocycles. The molecule has 2 saturated heterocycles. The molecule has 2 aliphatic heterocycles. The maximum atomic E-state index is 12.2. The van der Waals surface area contributed by atoms with Gasteiger partial charge in [0.1, 0.15) is 0 Å². The third-order valence-corrected chi connectivity index (χ3v) is 4.50. The normalized spacial score (nSPS) is 36.2. The Labute approximate surface area is 103 Å². The van der Waals surface area contributed by atoms with E-state index in [0.29, 0.717) is 23.8 Å². The van der Waals surface area contributed by atoms with Crippen molar-refractivity contribution in [2.24, 2.45) is 11.8 Å². The average molecular weight is 234 g/mol. The van der Waals surface area contributed by atoms with E-state index in [1.54, 1.807) is 0 Å². The van der Waals surface area contributed by atoms with Gasteiger partial charge in [0.25, 0.3) is 0 Å². The van der Waals surface area contributed by atoms with E-state index < -0.39 is 0 Å². The van der Waals surface area contributed by atoms with Gasteiger partial charge < -0.3 is 10.2 Å². The SMILES string of the molecule is O=C(CC1C=CCC1)N1C[C@@H]2CCCN[C@@H]2C1. The molecule has 2 heterocycles. The molecule has 3 heteroatoms. The van der Waals surface area contributed by atoms with Crippen LogP contribution in [0.15, 0.2) is 12.2 Å². The summed E-state index contributed by atoms with van der Waals surface area (Å²) in [5.74, 6) is 1.60. The fourth-order valence-electron chi connectivity index (χ4n) is 3.47. The fourth-order valence-corrected chi connectivity index (χ4v) is 3.47. The summed E-state index contributed by atoms with van der Waals surface area (Å²) in [6, 6.07) is 0.576. The summed E-state index contributed by atoms with van der Waals surface area (Å²) in [6.07, 6.45) is 10.1. The number of fused-ring (bicyclic) bond motifs is 1. The highest BCUT2D eigenvalue weighted by molar-refractivity contribution is 5.77. The zero-order chi connectivity index (χ0) is 11.7. The van der Waals surface area contributed by atoms with Crippen molar-refractivity contribution in [3.8, 4) is 0 Å². The number of carbonyl (C=O) groups excluding carboxylic acids is 1. The summed E-state index contributed by atoms with van der Waals surface area (Å²) in [7, 11) is 0. The second-order valence-corrected chi connectivity index (χ2v) is 5.73. The van der Waals surface area contributed by atoms with Gasteiger partial charge in [0.15, 0.2) is 0 Å². The van der Waals surface area contributed by atoms with Gasteiger partial charge in [-0.2, -0.15) is 0 Å². The van der Waals surface area contributed by atoms with Crippen LogP contribution in [0.5, 0.6) is 0 Å². The van der Waals surface area contributed by atoms with Crippen LogP contribution in [0.3, 0.4) is 0 Å². The van der Waals surface area contributed by atoms with Crippen LogP contribution >= 0.6 is 0 Å². The second-order valence-electron chi connectivity index (χ2n) is 5.73. The molecule has 0 spiro atoms. The van der Waals surface area contributed by atoms with Crippen molar-refractivity contribution < 1.29 is 4.79 Å². The lowest BCUT2D eigenvalue weighted by Crippen LogP contribution is -2.41. The third-order valence-electron chi connectivity index (χ3n) is 4.50. The Morgan fingerprint density at radius 3 is 3.06 bits per heavy atom. The van der Waals surface area contributed by atoms with Crippen LogP contribution in [0.2, 0.25) is 0 Å². The number of rotatable bonds is 2. The van der Waals surface area contributed by atoms with Gasteiger partial charge in [0, 0.05) is 25.6 Å². The summed E-state index contributed by atoms with van der Waals surface area (Å²) < 4.78 is 0. The van der Waals surface area contributed by atoms with Gasteiger partial charge in [-0.15, -0.1) is 0 Å². The highest BCUT2D eigenvalue weighted by Crippen LogP contribution is 2.27. The van der Waals surface area contributed by atoms with Crippen molar-refractivity contribution in [1.29, 1.82) is 0 Å². The van der Waals surface area contributed by atoms with E-state index in [2.05, 4.69) is 22.4 Å². The number of allylic oxidation sites excluding steroid dienone is 2.